The maximum Gasteiger partial charge on any atom is 0.0449 e. The molecule has 0 saturated carbocycles. The summed E-state index contributed by atoms with van der Waals surface area (Å²) in [6, 6.07) is 12.1. The first-order valence-corrected chi connectivity index (χ1v) is 6.21. The number of hydrogen-bond donors (Lipinski definition) is 1. The smallest absolute Gasteiger partial charge is 0.0449 e. The maximum atomic E-state index is 5.99. The zero-order valence-corrected chi connectivity index (χ0v) is 10.9. The van der Waals surface area contributed by atoms with Gasteiger partial charge in [-0.3, -0.25) is 4.98 Å². The Hall–Kier alpha value is -2.03. The minimum Gasteiger partial charge on any atom is -0.398 e. The standard InChI is InChI=1S/C15H19N3/c1-3-18(14-8-9-17-12(2)10-14)11-13-6-4-5-7-15(13)16/h4-10H,3,11,16H2,1-2H3. The molecule has 18 heavy (non-hydrogen) atoms. The molecule has 2 aromatic rings. The molecule has 3 nitrogen and oxygen atoms in total. The highest BCUT2D eigenvalue weighted by atomic mass is 15.1. The Morgan fingerprint density at radius 1 is 1.22 bits per heavy atom. The average molecular weight is 241 g/mol. The number of pyridine rings is 1. The summed E-state index contributed by atoms with van der Waals surface area (Å²) < 4.78 is 0. The SMILES string of the molecule is CCN(Cc1ccccc1N)c1ccnc(C)c1. The predicted octanol–water partition coefficient (Wildman–Crippen LogP) is 3.00. The lowest BCUT2D eigenvalue weighted by atomic mass is 10.1. The molecule has 0 aliphatic carbocycles. The molecule has 0 bridgehead atoms. The van der Waals surface area contributed by atoms with Gasteiger partial charge in [-0.25, -0.2) is 0 Å². The topological polar surface area (TPSA) is 42.1 Å². The van der Waals surface area contributed by atoms with Crippen LogP contribution in [0.5, 0.6) is 0 Å². The molecule has 2 rings (SSSR count). The Morgan fingerprint density at radius 2 is 2.00 bits per heavy atom. The highest BCUT2D eigenvalue weighted by molar-refractivity contribution is 5.52. The fourth-order valence-corrected chi connectivity index (χ4v) is 2.00. The molecular weight excluding hydrogens is 222 g/mol. The van der Waals surface area contributed by atoms with E-state index in [0.29, 0.717) is 0 Å². The van der Waals surface area contributed by atoms with Crippen molar-refractivity contribution in [2.24, 2.45) is 0 Å². The van der Waals surface area contributed by atoms with Crippen molar-refractivity contribution >= 4 is 11.4 Å². The van der Waals surface area contributed by atoms with E-state index in [1.165, 1.54) is 5.69 Å². The Labute approximate surface area is 108 Å². The van der Waals surface area contributed by atoms with Crippen molar-refractivity contribution in [1.29, 1.82) is 0 Å². The molecular formula is C15H19N3. The first-order valence-electron chi connectivity index (χ1n) is 6.21. The molecule has 0 amide bonds. The van der Waals surface area contributed by atoms with Crippen LogP contribution in [0.15, 0.2) is 42.6 Å². The number of anilines is 2. The van der Waals surface area contributed by atoms with Crippen LogP contribution >= 0.6 is 0 Å². The molecule has 0 spiro atoms. The number of nitrogens with two attached hydrogens (primary N) is 1. The van der Waals surface area contributed by atoms with Crippen LogP contribution in [0.3, 0.4) is 0 Å². The predicted molar refractivity (Wildman–Crippen MR) is 76.6 cm³/mol. The number of nitrogen functional groups attached to an aromatic ring is 1. The summed E-state index contributed by atoms with van der Waals surface area (Å²) in [6.45, 7) is 5.92. The van der Waals surface area contributed by atoms with Gasteiger partial charge in [-0.05, 0) is 37.6 Å². The van der Waals surface area contributed by atoms with E-state index in [1.807, 2.05) is 37.4 Å². The van der Waals surface area contributed by atoms with Crippen molar-refractivity contribution in [2.75, 3.05) is 17.2 Å². The third kappa shape index (κ3) is 2.80. The van der Waals surface area contributed by atoms with E-state index in [4.69, 9.17) is 5.73 Å². The van der Waals surface area contributed by atoms with Crippen LogP contribution in [0.4, 0.5) is 11.4 Å². The lowest BCUT2D eigenvalue weighted by molar-refractivity contribution is 0.831. The fourth-order valence-electron chi connectivity index (χ4n) is 2.00. The third-order valence-corrected chi connectivity index (χ3v) is 3.04. The summed E-state index contributed by atoms with van der Waals surface area (Å²) >= 11 is 0. The van der Waals surface area contributed by atoms with Crippen molar-refractivity contribution in [3.05, 3.63) is 53.9 Å². The van der Waals surface area contributed by atoms with E-state index < -0.39 is 0 Å². The van der Waals surface area contributed by atoms with Crippen LogP contribution in [0.1, 0.15) is 18.2 Å². The molecule has 94 valence electrons. The number of aromatic nitrogens is 1. The highest BCUT2D eigenvalue weighted by Gasteiger charge is 2.07. The Kier molecular flexibility index (Phi) is 3.82. The second-order valence-corrected chi connectivity index (χ2v) is 4.37. The number of benzene rings is 1. The minimum absolute atomic E-state index is 0.826. The van der Waals surface area contributed by atoms with Crippen LogP contribution in [-0.4, -0.2) is 11.5 Å². The van der Waals surface area contributed by atoms with Crippen LogP contribution in [-0.2, 0) is 6.54 Å². The van der Waals surface area contributed by atoms with Crippen LogP contribution in [0, 0.1) is 6.92 Å². The van der Waals surface area contributed by atoms with E-state index in [2.05, 4.69) is 28.9 Å². The molecule has 0 unspecified atom stereocenters. The molecule has 0 aliphatic heterocycles. The van der Waals surface area contributed by atoms with Crippen LogP contribution in [0.2, 0.25) is 0 Å². The van der Waals surface area contributed by atoms with Gasteiger partial charge in [0, 0.05) is 36.4 Å². The van der Waals surface area contributed by atoms with Crippen molar-refractivity contribution < 1.29 is 0 Å². The van der Waals surface area contributed by atoms with Gasteiger partial charge in [-0.2, -0.15) is 0 Å². The van der Waals surface area contributed by atoms with Gasteiger partial charge in [0.25, 0.3) is 0 Å². The van der Waals surface area contributed by atoms with E-state index in [-0.39, 0.29) is 0 Å². The van der Waals surface area contributed by atoms with Gasteiger partial charge in [0.15, 0.2) is 0 Å². The van der Waals surface area contributed by atoms with Gasteiger partial charge in [-0.15, -0.1) is 0 Å². The Balaban J connectivity index is 2.23. The quantitative estimate of drug-likeness (QED) is 0.837. The molecule has 0 saturated heterocycles. The van der Waals surface area contributed by atoms with E-state index in [0.717, 1.165) is 30.0 Å². The first kappa shape index (κ1) is 12.4. The average Bonchev–Trinajstić information content (AvgIpc) is 2.38. The molecule has 0 radical (unpaired) electrons. The summed E-state index contributed by atoms with van der Waals surface area (Å²) in [5, 5.41) is 0. The van der Waals surface area contributed by atoms with Gasteiger partial charge in [-0.1, -0.05) is 18.2 Å². The zero-order valence-electron chi connectivity index (χ0n) is 10.9. The molecule has 0 fully saturated rings. The lowest BCUT2D eigenvalue weighted by Gasteiger charge is -2.24. The number of nitrogens with zero attached hydrogens (tertiary/aromatic N) is 2. The number of hydrogen-bond acceptors (Lipinski definition) is 3. The third-order valence-electron chi connectivity index (χ3n) is 3.04. The second kappa shape index (κ2) is 5.54. The van der Waals surface area contributed by atoms with Crippen LogP contribution < -0.4 is 10.6 Å². The molecule has 3 heteroatoms. The monoisotopic (exact) mass is 241 g/mol. The molecule has 1 heterocycles. The normalized spacial score (nSPS) is 10.3. The molecule has 1 aromatic carbocycles. The largest absolute Gasteiger partial charge is 0.398 e. The molecule has 0 atom stereocenters. The summed E-state index contributed by atoms with van der Waals surface area (Å²) in [5.41, 5.74) is 10.2. The molecule has 0 aliphatic rings. The summed E-state index contributed by atoms with van der Waals surface area (Å²) in [6.07, 6.45) is 1.85. The van der Waals surface area contributed by atoms with Gasteiger partial charge in [0.1, 0.15) is 0 Å². The molecule has 1 aromatic heterocycles. The first-order chi connectivity index (χ1) is 8.70. The van der Waals surface area contributed by atoms with Gasteiger partial charge in [0.05, 0.1) is 0 Å². The van der Waals surface area contributed by atoms with Crippen molar-refractivity contribution in [3.63, 3.8) is 0 Å². The van der Waals surface area contributed by atoms with E-state index in [9.17, 15) is 0 Å². The summed E-state index contributed by atoms with van der Waals surface area (Å²) in [5.74, 6) is 0. The second-order valence-electron chi connectivity index (χ2n) is 4.37. The van der Waals surface area contributed by atoms with Gasteiger partial charge < -0.3 is 10.6 Å². The Bertz CT molecular complexity index is 523. The van der Waals surface area contributed by atoms with Crippen LogP contribution in [0.25, 0.3) is 0 Å². The van der Waals surface area contributed by atoms with E-state index in [1.54, 1.807) is 0 Å². The number of aryl methyl sites for hydroxylation is 1. The Morgan fingerprint density at radius 3 is 2.67 bits per heavy atom. The van der Waals surface area contributed by atoms with Crippen molar-refractivity contribution in [2.45, 2.75) is 20.4 Å². The molecule has 2 N–H and O–H groups in total. The van der Waals surface area contributed by atoms with Gasteiger partial charge >= 0.3 is 0 Å². The summed E-state index contributed by atoms with van der Waals surface area (Å²) in [4.78, 5) is 6.52. The fraction of sp³-hybridized carbons (Fsp3) is 0.267. The number of para-hydroxylation sites is 1. The van der Waals surface area contributed by atoms with Crippen molar-refractivity contribution in [3.8, 4) is 0 Å². The zero-order chi connectivity index (χ0) is 13.0. The van der Waals surface area contributed by atoms with Crippen molar-refractivity contribution in [1.82, 2.24) is 4.98 Å². The lowest BCUT2D eigenvalue weighted by Crippen LogP contribution is -2.22. The minimum atomic E-state index is 0.826. The van der Waals surface area contributed by atoms with E-state index >= 15 is 0 Å². The highest BCUT2D eigenvalue weighted by Crippen LogP contribution is 2.19. The number of rotatable bonds is 4. The van der Waals surface area contributed by atoms with Gasteiger partial charge in [0.2, 0.25) is 0 Å². The maximum absolute atomic E-state index is 5.99. The summed E-state index contributed by atoms with van der Waals surface area (Å²) in [7, 11) is 0.